The molecule has 0 spiro atoms. The van der Waals surface area contributed by atoms with Crippen LogP contribution in [0.2, 0.25) is 0 Å². The Labute approximate surface area is 79.1 Å². The van der Waals surface area contributed by atoms with E-state index in [1.807, 2.05) is 25.2 Å². The van der Waals surface area contributed by atoms with Gasteiger partial charge in [0.2, 0.25) is 0 Å². The number of thioether (sulfide) groups is 1. The van der Waals surface area contributed by atoms with Crippen molar-refractivity contribution in [1.82, 2.24) is 0 Å². The predicted octanol–water partition coefficient (Wildman–Crippen LogP) is 4.07. The minimum absolute atomic E-state index is 1.01. The van der Waals surface area contributed by atoms with Crippen LogP contribution in [0.1, 0.15) is 6.92 Å². The SMILES string of the molecule is C=C/C=C\C(=C)S/C(C)=C/C=C. The first-order valence-corrected chi connectivity index (χ1v) is 4.47. The van der Waals surface area contributed by atoms with Gasteiger partial charge in [-0.05, 0) is 17.9 Å². The van der Waals surface area contributed by atoms with Gasteiger partial charge in [0, 0.05) is 4.91 Å². The Morgan fingerprint density at radius 3 is 2.42 bits per heavy atom. The molecule has 0 nitrogen and oxygen atoms in total. The molecule has 0 aromatic carbocycles. The summed E-state index contributed by atoms with van der Waals surface area (Å²) in [5.74, 6) is 0. The molecule has 12 heavy (non-hydrogen) atoms. The molecule has 0 N–H and O–H groups in total. The van der Waals surface area contributed by atoms with Gasteiger partial charge in [0.25, 0.3) is 0 Å². The van der Waals surface area contributed by atoms with E-state index in [9.17, 15) is 0 Å². The molecular weight excluding hydrogens is 164 g/mol. The molecule has 0 aliphatic rings. The quantitative estimate of drug-likeness (QED) is 0.572. The van der Waals surface area contributed by atoms with Crippen molar-refractivity contribution >= 4 is 11.8 Å². The van der Waals surface area contributed by atoms with Crippen molar-refractivity contribution in [1.29, 1.82) is 0 Å². The molecule has 0 amide bonds. The highest BCUT2D eigenvalue weighted by Crippen LogP contribution is 2.23. The Hall–Kier alpha value is -0.950. The van der Waals surface area contributed by atoms with Gasteiger partial charge in [0.05, 0.1) is 0 Å². The number of rotatable bonds is 5. The van der Waals surface area contributed by atoms with Crippen LogP contribution in [-0.2, 0) is 0 Å². The maximum atomic E-state index is 3.87. The van der Waals surface area contributed by atoms with Crippen LogP contribution >= 0.6 is 11.8 Å². The Kier molecular flexibility index (Phi) is 6.21. The monoisotopic (exact) mass is 178 g/mol. The molecule has 0 fully saturated rings. The zero-order chi connectivity index (χ0) is 9.40. The van der Waals surface area contributed by atoms with Crippen molar-refractivity contribution < 1.29 is 0 Å². The summed E-state index contributed by atoms with van der Waals surface area (Å²) >= 11 is 1.62. The second-order valence-corrected chi connectivity index (χ2v) is 3.55. The molecule has 1 heteroatoms. The van der Waals surface area contributed by atoms with E-state index < -0.39 is 0 Å². The Morgan fingerprint density at radius 2 is 1.92 bits per heavy atom. The Morgan fingerprint density at radius 1 is 1.25 bits per heavy atom. The van der Waals surface area contributed by atoms with E-state index in [4.69, 9.17) is 0 Å². The molecular formula is C11H14S. The van der Waals surface area contributed by atoms with Crippen molar-refractivity contribution in [2.75, 3.05) is 0 Å². The van der Waals surface area contributed by atoms with Gasteiger partial charge in [0.15, 0.2) is 0 Å². The largest absolute Gasteiger partial charge is 0.0991 e. The Balaban J connectivity index is 4.00. The van der Waals surface area contributed by atoms with Gasteiger partial charge in [-0.2, -0.15) is 0 Å². The fraction of sp³-hybridized carbons (Fsp3) is 0.0909. The molecule has 0 saturated heterocycles. The third-order valence-corrected chi connectivity index (χ3v) is 1.92. The first-order chi connectivity index (χ1) is 5.70. The lowest BCUT2D eigenvalue weighted by Crippen LogP contribution is -1.68. The maximum Gasteiger partial charge on any atom is 0.00466 e. The first-order valence-electron chi connectivity index (χ1n) is 3.66. The fourth-order valence-corrected chi connectivity index (χ4v) is 1.34. The average Bonchev–Trinajstić information content (AvgIpc) is 2.01. The van der Waals surface area contributed by atoms with Gasteiger partial charge in [-0.1, -0.05) is 55.8 Å². The van der Waals surface area contributed by atoms with E-state index >= 15 is 0 Å². The van der Waals surface area contributed by atoms with E-state index in [1.165, 1.54) is 4.91 Å². The van der Waals surface area contributed by atoms with Crippen molar-refractivity contribution in [2.24, 2.45) is 0 Å². The zero-order valence-electron chi connectivity index (χ0n) is 7.42. The molecule has 0 aliphatic heterocycles. The van der Waals surface area contributed by atoms with Crippen LogP contribution in [0, 0.1) is 0 Å². The maximum absolute atomic E-state index is 3.87. The second kappa shape index (κ2) is 6.74. The van der Waals surface area contributed by atoms with Crippen LogP contribution in [-0.4, -0.2) is 0 Å². The van der Waals surface area contributed by atoms with Crippen LogP contribution in [0.5, 0.6) is 0 Å². The summed E-state index contributed by atoms with van der Waals surface area (Å²) in [6.45, 7) is 13.1. The summed E-state index contributed by atoms with van der Waals surface area (Å²) in [4.78, 5) is 2.19. The van der Waals surface area contributed by atoms with Gasteiger partial charge < -0.3 is 0 Å². The molecule has 0 heterocycles. The molecule has 0 saturated carbocycles. The average molecular weight is 178 g/mol. The van der Waals surface area contributed by atoms with E-state index in [0.29, 0.717) is 0 Å². The molecule has 0 aliphatic carbocycles. The fourth-order valence-electron chi connectivity index (χ4n) is 0.616. The van der Waals surface area contributed by atoms with E-state index in [0.717, 1.165) is 4.91 Å². The molecule has 64 valence electrons. The highest BCUT2D eigenvalue weighted by atomic mass is 32.2. The van der Waals surface area contributed by atoms with Crippen LogP contribution in [0.25, 0.3) is 0 Å². The molecule has 0 bridgehead atoms. The third-order valence-electron chi connectivity index (χ3n) is 1.06. The van der Waals surface area contributed by atoms with E-state index in [-0.39, 0.29) is 0 Å². The lowest BCUT2D eigenvalue weighted by atomic mass is 10.5. The van der Waals surface area contributed by atoms with Crippen LogP contribution in [0.15, 0.2) is 59.9 Å². The number of hydrogen-bond donors (Lipinski definition) is 0. The lowest BCUT2D eigenvalue weighted by molar-refractivity contribution is 1.68. The van der Waals surface area contributed by atoms with E-state index in [2.05, 4.69) is 19.7 Å². The highest BCUT2D eigenvalue weighted by Gasteiger charge is 1.90. The molecule has 0 atom stereocenters. The Bertz CT molecular complexity index is 231. The number of allylic oxidation sites excluding steroid dienone is 6. The highest BCUT2D eigenvalue weighted by molar-refractivity contribution is 8.06. The van der Waals surface area contributed by atoms with Crippen LogP contribution in [0.3, 0.4) is 0 Å². The van der Waals surface area contributed by atoms with E-state index in [1.54, 1.807) is 23.9 Å². The smallest absolute Gasteiger partial charge is 0.00466 e. The van der Waals surface area contributed by atoms with Gasteiger partial charge in [0.1, 0.15) is 0 Å². The van der Waals surface area contributed by atoms with Crippen molar-refractivity contribution in [3.8, 4) is 0 Å². The van der Waals surface area contributed by atoms with Crippen molar-refractivity contribution in [2.45, 2.75) is 6.92 Å². The molecule has 0 rings (SSSR count). The van der Waals surface area contributed by atoms with Crippen LogP contribution < -0.4 is 0 Å². The predicted molar refractivity (Wildman–Crippen MR) is 60.0 cm³/mol. The molecule has 0 aromatic rings. The van der Waals surface area contributed by atoms with Gasteiger partial charge in [-0.25, -0.2) is 0 Å². The first kappa shape index (κ1) is 11.1. The number of hydrogen-bond acceptors (Lipinski definition) is 1. The summed E-state index contributed by atoms with van der Waals surface area (Å²) in [5.41, 5.74) is 0. The topological polar surface area (TPSA) is 0 Å². The molecule has 0 unspecified atom stereocenters. The van der Waals surface area contributed by atoms with Crippen LogP contribution in [0.4, 0.5) is 0 Å². The van der Waals surface area contributed by atoms with Crippen molar-refractivity contribution in [3.63, 3.8) is 0 Å². The summed E-state index contributed by atoms with van der Waals surface area (Å²) < 4.78 is 0. The third kappa shape index (κ3) is 5.81. The summed E-state index contributed by atoms with van der Waals surface area (Å²) in [7, 11) is 0. The minimum Gasteiger partial charge on any atom is -0.0991 e. The van der Waals surface area contributed by atoms with Gasteiger partial charge in [-0.15, -0.1) is 0 Å². The zero-order valence-corrected chi connectivity index (χ0v) is 8.23. The minimum atomic E-state index is 1.01. The van der Waals surface area contributed by atoms with Gasteiger partial charge >= 0.3 is 0 Å². The second-order valence-electron chi connectivity index (χ2n) is 2.18. The standard InChI is InChI=1S/C11H14S/c1-5-7-9-11(4)12-10(3)8-6-2/h5-9H,1-2,4H2,3H3/b9-7-,10-8+. The summed E-state index contributed by atoms with van der Waals surface area (Å²) in [6, 6.07) is 0. The summed E-state index contributed by atoms with van der Waals surface area (Å²) in [5, 5.41) is 0. The normalized spacial score (nSPS) is 11.6. The molecule has 0 aromatic heterocycles. The lowest BCUT2D eigenvalue weighted by Gasteiger charge is -1.97. The van der Waals surface area contributed by atoms with Crippen molar-refractivity contribution in [3.05, 3.63) is 59.9 Å². The van der Waals surface area contributed by atoms with Gasteiger partial charge in [-0.3, -0.25) is 0 Å². The summed E-state index contributed by atoms with van der Waals surface area (Å²) in [6.07, 6.45) is 9.26. The molecule has 0 radical (unpaired) electrons.